The molecule has 2 aliphatic rings. The molecule has 2 aliphatic heterocycles. The summed E-state index contributed by atoms with van der Waals surface area (Å²) in [5, 5.41) is 6.08. The van der Waals surface area contributed by atoms with Crippen molar-refractivity contribution in [2.45, 2.75) is 13.3 Å². The number of carbonyl (C=O) groups excluding carboxylic acids is 1. The average Bonchev–Trinajstić information content (AvgIpc) is 2.73. The molecule has 4 nitrogen and oxygen atoms in total. The predicted molar refractivity (Wildman–Crippen MR) is 69.8 cm³/mol. The van der Waals surface area contributed by atoms with E-state index in [4.69, 9.17) is 4.74 Å². The minimum absolute atomic E-state index is 0.00892. The number of ether oxygens (including phenoxy) is 1. The maximum atomic E-state index is 12.0. The van der Waals surface area contributed by atoms with Gasteiger partial charge in [-0.25, -0.2) is 0 Å². The van der Waals surface area contributed by atoms with Gasteiger partial charge in [-0.2, -0.15) is 0 Å². The van der Waals surface area contributed by atoms with Gasteiger partial charge < -0.3 is 15.4 Å². The van der Waals surface area contributed by atoms with Crippen LogP contribution in [0.25, 0.3) is 0 Å². The maximum Gasteiger partial charge on any atom is 0.251 e. The number of hydrogen-bond acceptors (Lipinski definition) is 3. The fourth-order valence-electron chi connectivity index (χ4n) is 2.16. The van der Waals surface area contributed by atoms with Crippen LogP contribution < -0.4 is 15.4 Å². The van der Waals surface area contributed by atoms with Crippen molar-refractivity contribution in [2.24, 2.45) is 0 Å². The van der Waals surface area contributed by atoms with E-state index in [0.717, 1.165) is 43.1 Å². The van der Waals surface area contributed by atoms with Crippen molar-refractivity contribution in [2.75, 3.05) is 25.0 Å². The second-order valence-corrected chi connectivity index (χ2v) is 4.71. The Bertz CT molecular complexity index is 529. The number of nitrogens with one attached hydrogen (secondary N) is 2. The minimum Gasteiger partial charge on any atom is -0.493 e. The Morgan fingerprint density at radius 1 is 1.39 bits per heavy atom. The molecule has 0 bridgehead atoms. The standard InChI is InChI=1S/C14H16N2O2/c1-9(11-7-15-8-11)14(17)16-12-2-3-13-10(6-12)4-5-18-13/h2-3,6,15H,4-5,7-8H2,1H3,(H,16,17). The summed E-state index contributed by atoms with van der Waals surface area (Å²) in [7, 11) is 0. The van der Waals surface area contributed by atoms with Crippen LogP contribution in [0.2, 0.25) is 0 Å². The summed E-state index contributed by atoms with van der Waals surface area (Å²) in [6.07, 6.45) is 0.920. The maximum absolute atomic E-state index is 12.0. The summed E-state index contributed by atoms with van der Waals surface area (Å²) >= 11 is 0. The van der Waals surface area contributed by atoms with Crippen molar-refractivity contribution in [3.05, 3.63) is 34.9 Å². The van der Waals surface area contributed by atoms with Gasteiger partial charge in [0.15, 0.2) is 0 Å². The lowest BCUT2D eigenvalue weighted by Crippen LogP contribution is -2.36. The van der Waals surface area contributed by atoms with E-state index in [1.54, 1.807) is 0 Å². The van der Waals surface area contributed by atoms with Crippen LogP contribution in [0.15, 0.2) is 29.3 Å². The highest BCUT2D eigenvalue weighted by atomic mass is 16.5. The second-order valence-electron chi connectivity index (χ2n) is 4.71. The molecule has 0 atom stereocenters. The Morgan fingerprint density at radius 3 is 2.94 bits per heavy atom. The Morgan fingerprint density at radius 2 is 2.22 bits per heavy atom. The summed E-state index contributed by atoms with van der Waals surface area (Å²) in [4.78, 5) is 12.0. The molecule has 1 aromatic carbocycles. The van der Waals surface area contributed by atoms with Crippen LogP contribution in [0, 0.1) is 0 Å². The minimum atomic E-state index is -0.00892. The lowest BCUT2D eigenvalue weighted by molar-refractivity contribution is -0.112. The van der Waals surface area contributed by atoms with E-state index in [2.05, 4.69) is 10.6 Å². The highest BCUT2D eigenvalue weighted by Crippen LogP contribution is 2.28. The van der Waals surface area contributed by atoms with Crippen molar-refractivity contribution in [3.63, 3.8) is 0 Å². The number of rotatable bonds is 2. The molecule has 1 aromatic rings. The molecule has 4 heteroatoms. The second kappa shape index (κ2) is 4.46. The molecule has 0 spiro atoms. The third-order valence-electron chi connectivity index (χ3n) is 3.50. The fourth-order valence-corrected chi connectivity index (χ4v) is 2.16. The highest BCUT2D eigenvalue weighted by Gasteiger charge is 2.17. The van der Waals surface area contributed by atoms with E-state index in [1.165, 1.54) is 11.1 Å². The first kappa shape index (κ1) is 11.3. The summed E-state index contributed by atoms with van der Waals surface area (Å²) in [5.41, 5.74) is 4.03. The first-order chi connectivity index (χ1) is 8.74. The molecule has 0 aromatic heterocycles. The zero-order valence-corrected chi connectivity index (χ0v) is 10.4. The molecule has 18 heavy (non-hydrogen) atoms. The van der Waals surface area contributed by atoms with Crippen LogP contribution in [0.3, 0.4) is 0 Å². The van der Waals surface area contributed by atoms with Gasteiger partial charge in [0.1, 0.15) is 5.75 Å². The number of hydrogen-bond donors (Lipinski definition) is 2. The fraction of sp³-hybridized carbons (Fsp3) is 0.357. The van der Waals surface area contributed by atoms with Gasteiger partial charge in [-0.15, -0.1) is 0 Å². The van der Waals surface area contributed by atoms with E-state index >= 15 is 0 Å². The number of benzene rings is 1. The summed E-state index contributed by atoms with van der Waals surface area (Å²) in [6, 6.07) is 5.81. The summed E-state index contributed by atoms with van der Waals surface area (Å²) < 4.78 is 5.44. The Kier molecular flexibility index (Phi) is 2.80. The van der Waals surface area contributed by atoms with Crippen LogP contribution in [-0.2, 0) is 11.2 Å². The molecule has 1 amide bonds. The van der Waals surface area contributed by atoms with Gasteiger partial charge >= 0.3 is 0 Å². The third kappa shape index (κ3) is 1.99. The molecule has 0 radical (unpaired) electrons. The van der Waals surface area contributed by atoms with Crippen LogP contribution in [0.4, 0.5) is 5.69 Å². The molecule has 94 valence electrons. The number of carbonyl (C=O) groups is 1. The Labute approximate surface area is 106 Å². The largest absolute Gasteiger partial charge is 0.493 e. The zero-order chi connectivity index (χ0) is 12.5. The zero-order valence-electron chi connectivity index (χ0n) is 10.4. The van der Waals surface area contributed by atoms with Crippen LogP contribution >= 0.6 is 0 Å². The van der Waals surface area contributed by atoms with Crippen molar-refractivity contribution in [3.8, 4) is 5.75 Å². The van der Waals surface area contributed by atoms with Crippen molar-refractivity contribution >= 4 is 11.6 Å². The van der Waals surface area contributed by atoms with Gasteiger partial charge in [0, 0.05) is 30.8 Å². The lowest BCUT2D eigenvalue weighted by atomic mass is 10.0. The van der Waals surface area contributed by atoms with Gasteiger partial charge in [0.25, 0.3) is 5.91 Å². The highest BCUT2D eigenvalue weighted by molar-refractivity contribution is 6.04. The molecule has 2 N–H and O–H groups in total. The monoisotopic (exact) mass is 244 g/mol. The van der Waals surface area contributed by atoms with Crippen LogP contribution in [0.5, 0.6) is 5.75 Å². The number of fused-ring (bicyclic) bond motifs is 1. The first-order valence-electron chi connectivity index (χ1n) is 6.20. The Balaban J connectivity index is 1.75. The third-order valence-corrected chi connectivity index (χ3v) is 3.50. The molecular formula is C14H16N2O2. The predicted octanol–water partition coefficient (Wildman–Crippen LogP) is 1.48. The molecule has 0 unspecified atom stereocenters. The van der Waals surface area contributed by atoms with Crippen LogP contribution in [0.1, 0.15) is 12.5 Å². The van der Waals surface area contributed by atoms with Gasteiger partial charge in [0.2, 0.25) is 0 Å². The molecule has 0 saturated carbocycles. The summed E-state index contributed by atoms with van der Waals surface area (Å²) in [6.45, 7) is 4.28. The normalized spacial score (nSPS) is 16.6. The molecule has 0 aliphatic carbocycles. The number of amides is 1. The van der Waals surface area contributed by atoms with E-state index in [9.17, 15) is 4.79 Å². The van der Waals surface area contributed by atoms with E-state index in [0.29, 0.717) is 0 Å². The molecular weight excluding hydrogens is 228 g/mol. The van der Waals surface area contributed by atoms with Gasteiger partial charge in [0.05, 0.1) is 6.61 Å². The van der Waals surface area contributed by atoms with Gasteiger partial charge in [-0.05, 0) is 36.3 Å². The van der Waals surface area contributed by atoms with Crippen LogP contribution in [-0.4, -0.2) is 25.6 Å². The van der Waals surface area contributed by atoms with E-state index < -0.39 is 0 Å². The van der Waals surface area contributed by atoms with Crippen molar-refractivity contribution < 1.29 is 9.53 Å². The lowest BCUT2D eigenvalue weighted by Gasteiger charge is -2.21. The average molecular weight is 244 g/mol. The van der Waals surface area contributed by atoms with Gasteiger partial charge in [-0.3, -0.25) is 4.79 Å². The van der Waals surface area contributed by atoms with Crippen molar-refractivity contribution in [1.82, 2.24) is 5.32 Å². The first-order valence-corrected chi connectivity index (χ1v) is 6.20. The SMILES string of the molecule is CC(C(=O)Nc1ccc2c(c1)CCO2)=C1CNC1. The molecule has 1 fully saturated rings. The quantitative estimate of drug-likeness (QED) is 0.775. The molecule has 2 heterocycles. The topological polar surface area (TPSA) is 50.4 Å². The summed E-state index contributed by atoms with van der Waals surface area (Å²) in [5.74, 6) is 0.927. The Hall–Kier alpha value is -1.81. The molecule has 1 saturated heterocycles. The smallest absolute Gasteiger partial charge is 0.251 e. The van der Waals surface area contributed by atoms with E-state index in [-0.39, 0.29) is 5.91 Å². The molecule has 3 rings (SSSR count). The van der Waals surface area contributed by atoms with Crippen molar-refractivity contribution in [1.29, 1.82) is 0 Å². The van der Waals surface area contributed by atoms with Gasteiger partial charge in [-0.1, -0.05) is 0 Å². The van der Waals surface area contributed by atoms with E-state index in [1.807, 2.05) is 25.1 Å². The number of anilines is 1.